The van der Waals surface area contributed by atoms with Crippen molar-refractivity contribution in [1.29, 1.82) is 0 Å². The molecule has 3 fully saturated rings. The van der Waals surface area contributed by atoms with Gasteiger partial charge in [0, 0.05) is 54.2 Å². The number of aliphatic hydroxyl groups excluding tert-OH is 2. The van der Waals surface area contributed by atoms with Crippen molar-refractivity contribution in [3.63, 3.8) is 0 Å². The molecule has 3 aliphatic heterocycles. The van der Waals surface area contributed by atoms with Gasteiger partial charge in [-0.2, -0.15) is 0 Å². The fourth-order valence-electron chi connectivity index (χ4n) is 8.99. The molecule has 1 aromatic carbocycles. The Morgan fingerprint density at radius 1 is 1.02 bits per heavy atom. The highest BCUT2D eigenvalue weighted by atomic mass is 16.8. The maximum atomic E-state index is 13.9. The molecule has 14 heteroatoms. The van der Waals surface area contributed by atoms with Crippen molar-refractivity contribution in [3.05, 3.63) is 48.3 Å². The quantitative estimate of drug-likeness (QED) is 0.179. The maximum Gasteiger partial charge on any atom is 0.509 e. The predicted octanol–water partition coefficient (Wildman–Crippen LogP) is 5.76. The smallest absolute Gasteiger partial charge is 0.458 e. The van der Waals surface area contributed by atoms with Crippen LogP contribution < -0.4 is 0 Å². The lowest BCUT2D eigenvalue weighted by atomic mass is 9.73. The first-order valence-electron chi connectivity index (χ1n) is 20.1. The Bertz CT molecular complexity index is 1750. The maximum absolute atomic E-state index is 13.9. The molecule has 3 saturated heterocycles. The van der Waals surface area contributed by atoms with Gasteiger partial charge in [0.25, 0.3) is 0 Å². The zero-order chi connectivity index (χ0) is 41.8. The molecule has 316 valence electrons. The van der Waals surface area contributed by atoms with Crippen molar-refractivity contribution >= 4 is 34.7 Å². The lowest BCUT2D eigenvalue weighted by molar-refractivity contribution is -0.301. The highest BCUT2D eigenvalue weighted by Gasteiger charge is 2.58. The monoisotopic (exact) mass is 797 g/mol. The molecule has 3 aliphatic rings. The van der Waals surface area contributed by atoms with Gasteiger partial charge in [-0.3, -0.25) is 9.78 Å². The van der Waals surface area contributed by atoms with Gasteiger partial charge in [-0.1, -0.05) is 63.2 Å². The number of hydrogen-bond acceptors (Lipinski definition) is 14. The van der Waals surface area contributed by atoms with Crippen molar-refractivity contribution in [3.8, 4) is 0 Å². The van der Waals surface area contributed by atoms with Crippen LogP contribution in [0.3, 0.4) is 0 Å². The second-order valence-corrected chi connectivity index (χ2v) is 16.8. The number of benzene rings is 1. The van der Waals surface area contributed by atoms with Crippen LogP contribution in [-0.4, -0.2) is 126 Å². The van der Waals surface area contributed by atoms with Gasteiger partial charge in [0.1, 0.15) is 18.8 Å². The van der Waals surface area contributed by atoms with E-state index >= 15 is 0 Å². The van der Waals surface area contributed by atoms with Gasteiger partial charge in [0.2, 0.25) is 0 Å². The summed E-state index contributed by atoms with van der Waals surface area (Å²) in [4.78, 5) is 39.1. The Labute approximate surface area is 336 Å². The molecule has 0 bridgehead atoms. The first-order valence-corrected chi connectivity index (χ1v) is 20.1. The van der Waals surface area contributed by atoms with Gasteiger partial charge in [0.05, 0.1) is 35.5 Å². The zero-order valence-electron chi connectivity index (χ0n) is 35.3. The molecule has 2 N–H and O–H groups in total. The minimum atomic E-state index is -1.40. The van der Waals surface area contributed by atoms with E-state index < -0.39 is 83.8 Å². The first kappa shape index (κ1) is 44.4. The topological polar surface area (TPSA) is 168 Å². The Morgan fingerprint density at radius 2 is 1.74 bits per heavy atom. The minimum absolute atomic E-state index is 0.121. The van der Waals surface area contributed by atoms with Gasteiger partial charge in [-0.15, -0.1) is 0 Å². The number of cyclic esters (lactones) is 1. The summed E-state index contributed by atoms with van der Waals surface area (Å²) >= 11 is 0. The number of likely N-dealkylation sites (N-methyl/N-ethyl adjacent to an activating group) is 1. The summed E-state index contributed by atoms with van der Waals surface area (Å²) in [6.45, 7) is 14.7. The number of oxime groups is 1. The number of rotatable bonds is 9. The molecule has 0 radical (unpaired) electrons. The van der Waals surface area contributed by atoms with E-state index in [1.54, 1.807) is 34.1 Å². The van der Waals surface area contributed by atoms with Crippen LogP contribution in [0, 0.1) is 23.7 Å². The number of aromatic nitrogens is 1. The molecule has 5 rings (SSSR count). The summed E-state index contributed by atoms with van der Waals surface area (Å²) < 4.78 is 37.1. The lowest BCUT2D eigenvalue weighted by Gasteiger charge is -2.48. The van der Waals surface area contributed by atoms with E-state index in [1.165, 1.54) is 0 Å². The third-order valence-corrected chi connectivity index (χ3v) is 12.4. The van der Waals surface area contributed by atoms with E-state index in [0.717, 1.165) is 16.3 Å². The highest BCUT2D eigenvalue weighted by molar-refractivity contribution is 5.90. The molecule has 57 heavy (non-hydrogen) atoms. The molecule has 14 atom stereocenters. The van der Waals surface area contributed by atoms with Crippen LogP contribution in [0.1, 0.15) is 80.2 Å². The Balaban J connectivity index is 1.55. The number of nitrogens with zero attached hydrogens (tertiary/aromatic N) is 3. The molecule has 14 nitrogen and oxygen atoms in total. The largest absolute Gasteiger partial charge is 0.509 e. The number of methoxy groups -OCH3 is 1. The van der Waals surface area contributed by atoms with Crippen LogP contribution in [0.2, 0.25) is 0 Å². The fraction of sp³-hybridized carbons (Fsp3) is 0.674. The number of aliphatic hydroxyl groups is 2. The number of pyridine rings is 1. The summed E-state index contributed by atoms with van der Waals surface area (Å²) in [5.41, 5.74) is -1.08. The standard InChI is InChI=1S/C43H63N3O11/c1-12-33-43(8)38(56-41(50)57-43)26(4)34(45-52-19-15-17-30-23-44-22-29-16-13-14-18-31(29)30)24(2)21-42(7,51-11)37(27(5)35(47)28(6)39(49)54-33)55-40-36(48)32(46(9)10)20-25(3)53-40/h13-18,22-28,32-33,35-38,40,47-48H,12,19-21H2,1-11H3/b17-15+,45-34+/t24-,25-,26+,27+,28-,32+,33-,35+,36-,37-,38-,40+,42-,43-/m1/s1. The SMILES string of the molecule is CC[C@H]1OC(=O)[C@H](C)[C@@H](O)[C@H](C)[C@@H](O[C@@H]2O[C@H](C)C[C@H](N(C)C)[C@H]2O)[C@](C)(OC)C[C@@H](C)/C(=N\OC/C=C/c2cncc3ccccc23)[C@H](C)[C@H]2OC(=O)O[C@@]21C. The molecule has 2 aromatic rings. The Morgan fingerprint density at radius 3 is 2.42 bits per heavy atom. The summed E-state index contributed by atoms with van der Waals surface area (Å²) in [6.07, 6.45) is 1.32. The molecular weight excluding hydrogens is 734 g/mol. The second-order valence-electron chi connectivity index (χ2n) is 16.8. The number of esters is 1. The molecule has 0 amide bonds. The zero-order valence-corrected chi connectivity index (χ0v) is 35.3. The summed E-state index contributed by atoms with van der Waals surface area (Å²) in [7, 11) is 5.35. The Hall–Kier alpha value is -3.66. The average molecular weight is 798 g/mol. The molecule has 0 unspecified atom stereocenters. The van der Waals surface area contributed by atoms with E-state index in [9.17, 15) is 19.8 Å². The first-order chi connectivity index (χ1) is 26.9. The molecule has 4 heterocycles. The molecular formula is C43H63N3O11. The van der Waals surface area contributed by atoms with Gasteiger partial charge in [0.15, 0.2) is 18.0 Å². The Kier molecular flexibility index (Phi) is 14.4. The number of ether oxygens (including phenoxy) is 6. The van der Waals surface area contributed by atoms with E-state index in [-0.39, 0.29) is 25.2 Å². The van der Waals surface area contributed by atoms with E-state index in [1.807, 2.05) is 96.2 Å². The van der Waals surface area contributed by atoms with E-state index in [0.29, 0.717) is 18.6 Å². The van der Waals surface area contributed by atoms with Crippen molar-refractivity contribution in [2.45, 2.75) is 135 Å². The third kappa shape index (κ3) is 9.47. The normalized spacial score (nSPS) is 39.1. The van der Waals surface area contributed by atoms with E-state index in [2.05, 4.69) is 4.98 Å². The van der Waals surface area contributed by atoms with Crippen LogP contribution in [0.25, 0.3) is 16.8 Å². The van der Waals surface area contributed by atoms with Gasteiger partial charge in [-0.05, 0) is 72.5 Å². The van der Waals surface area contributed by atoms with Crippen molar-refractivity contribution in [2.75, 3.05) is 27.8 Å². The number of fused-ring (bicyclic) bond motifs is 2. The number of hydrogen-bond donors (Lipinski definition) is 2. The van der Waals surface area contributed by atoms with E-state index in [4.69, 9.17) is 38.4 Å². The minimum Gasteiger partial charge on any atom is -0.458 e. The summed E-state index contributed by atoms with van der Waals surface area (Å²) in [5.74, 6) is -3.43. The van der Waals surface area contributed by atoms with Crippen LogP contribution in [-0.2, 0) is 38.1 Å². The molecule has 0 aliphatic carbocycles. The van der Waals surface area contributed by atoms with Crippen LogP contribution in [0.15, 0.2) is 47.9 Å². The third-order valence-electron chi connectivity index (χ3n) is 12.4. The van der Waals surface area contributed by atoms with Crippen molar-refractivity contribution in [1.82, 2.24) is 9.88 Å². The lowest BCUT2D eigenvalue weighted by Crippen LogP contribution is -2.60. The van der Waals surface area contributed by atoms with Gasteiger partial charge < -0.3 is 48.4 Å². The van der Waals surface area contributed by atoms with Gasteiger partial charge >= 0.3 is 12.1 Å². The number of carbonyl (C=O) groups excluding carboxylic acids is 2. The highest BCUT2D eigenvalue weighted by Crippen LogP contribution is 2.42. The van der Waals surface area contributed by atoms with Crippen molar-refractivity contribution in [2.24, 2.45) is 28.8 Å². The average Bonchev–Trinajstić information content (AvgIpc) is 3.50. The second kappa shape index (κ2) is 18.5. The summed E-state index contributed by atoms with van der Waals surface area (Å²) in [5, 5.41) is 30.2. The van der Waals surface area contributed by atoms with Crippen molar-refractivity contribution < 1.29 is 53.1 Å². The van der Waals surface area contributed by atoms with Crippen LogP contribution in [0.4, 0.5) is 4.79 Å². The van der Waals surface area contributed by atoms with Crippen LogP contribution in [0.5, 0.6) is 0 Å². The predicted molar refractivity (Wildman–Crippen MR) is 214 cm³/mol. The van der Waals surface area contributed by atoms with Crippen LogP contribution >= 0.6 is 0 Å². The summed E-state index contributed by atoms with van der Waals surface area (Å²) in [6, 6.07) is 7.73. The molecule has 0 saturated carbocycles. The number of carbonyl (C=O) groups is 2. The fourth-order valence-corrected chi connectivity index (χ4v) is 8.99. The molecule has 1 aromatic heterocycles. The molecule has 0 spiro atoms. The van der Waals surface area contributed by atoms with Gasteiger partial charge in [-0.25, -0.2) is 4.79 Å².